The minimum atomic E-state index is -0.0130. The van der Waals surface area contributed by atoms with E-state index >= 15 is 0 Å². The van der Waals surface area contributed by atoms with Crippen LogP contribution in [0.4, 0.5) is 0 Å². The lowest BCUT2D eigenvalue weighted by Crippen LogP contribution is -2.34. The summed E-state index contributed by atoms with van der Waals surface area (Å²) in [6.45, 7) is 1.54. The van der Waals surface area contributed by atoms with Crippen LogP contribution in [-0.2, 0) is 17.8 Å². The maximum atomic E-state index is 11.7. The van der Waals surface area contributed by atoms with Crippen molar-refractivity contribution in [2.45, 2.75) is 13.0 Å². The number of pyridine rings is 1. The molecule has 21 heavy (non-hydrogen) atoms. The van der Waals surface area contributed by atoms with Crippen LogP contribution in [0, 0.1) is 0 Å². The van der Waals surface area contributed by atoms with Gasteiger partial charge in [-0.25, -0.2) is 0 Å². The Morgan fingerprint density at radius 1 is 1.19 bits per heavy atom. The van der Waals surface area contributed by atoms with Crippen LogP contribution in [0.25, 0.3) is 0 Å². The minimum Gasteiger partial charge on any atom is -0.355 e. The molecule has 0 radical (unpaired) electrons. The summed E-state index contributed by atoms with van der Waals surface area (Å²) in [4.78, 5) is 15.7. The lowest BCUT2D eigenvalue weighted by atomic mass is 10.1. The molecule has 0 saturated heterocycles. The van der Waals surface area contributed by atoms with E-state index in [0.29, 0.717) is 19.6 Å². The molecule has 110 valence electrons. The van der Waals surface area contributed by atoms with Crippen LogP contribution in [0.15, 0.2) is 48.8 Å². The van der Waals surface area contributed by atoms with E-state index in [4.69, 9.17) is 11.6 Å². The van der Waals surface area contributed by atoms with Gasteiger partial charge in [0.05, 0.1) is 6.54 Å². The topological polar surface area (TPSA) is 54.0 Å². The molecule has 5 heteroatoms. The van der Waals surface area contributed by atoms with Gasteiger partial charge in [-0.2, -0.15) is 0 Å². The van der Waals surface area contributed by atoms with E-state index in [1.807, 2.05) is 36.4 Å². The second-order valence-electron chi connectivity index (χ2n) is 4.69. The second kappa shape index (κ2) is 8.39. The Balaban J connectivity index is 1.61. The lowest BCUT2D eigenvalue weighted by molar-refractivity contribution is -0.120. The first-order valence-electron chi connectivity index (χ1n) is 6.85. The van der Waals surface area contributed by atoms with E-state index in [1.165, 1.54) is 0 Å². The molecule has 0 aliphatic carbocycles. The highest BCUT2D eigenvalue weighted by Gasteiger charge is 2.01. The predicted molar refractivity (Wildman–Crippen MR) is 84.1 cm³/mol. The molecule has 0 aliphatic rings. The highest BCUT2D eigenvalue weighted by molar-refractivity contribution is 6.30. The number of nitrogens with zero attached hydrogens (tertiary/aromatic N) is 1. The van der Waals surface area contributed by atoms with Gasteiger partial charge in [-0.05, 0) is 35.7 Å². The summed E-state index contributed by atoms with van der Waals surface area (Å²) in [5.41, 5.74) is 2.18. The third kappa shape index (κ3) is 5.94. The first-order chi connectivity index (χ1) is 10.2. The minimum absolute atomic E-state index is 0.0130. The molecule has 2 rings (SSSR count). The number of carbonyl (C=O) groups excluding carboxylic acids is 1. The molecule has 0 fully saturated rings. The Bertz CT molecular complexity index is 575. The van der Waals surface area contributed by atoms with Crippen molar-refractivity contribution in [1.82, 2.24) is 15.6 Å². The third-order valence-electron chi connectivity index (χ3n) is 2.96. The number of hydrogen-bond acceptors (Lipinski definition) is 3. The summed E-state index contributed by atoms with van der Waals surface area (Å²) >= 11 is 5.91. The first kappa shape index (κ1) is 15.5. The molecule has 0 saturated carbocycles. The van der Waals surface area contributed by atoms with E-state index in [0.717, 1.165) is 22.6 Å². The molecule has 1 amide bonds. The smallest absolute Gasteiger partial charge is 0.233 e. The average Bonchev–Trinajstić information content (AvgIpc) is 2.48. The van der Waals surface area contributed by atoms with Gasteiger partial charge in [-0.1, -0.05) is 29.8 Å². The molecule has 4 nitrogen and oxygen atoms in total. The van der Waals surface area contributed by atoms with Crippen LogP contribution in [0.2, 0.25) is 5.02 Å². The van der Waals surface area contributed by atoms with Gasteiger partial charge < -0.3 is 10.6 Å². The number of rotatable bonds is 7. The zero-order valence-electron chi connectivity index (χ0n) is 11.7. The zero-order chi connectivity index (χ0) is 14.9. The first-order valence-corrected chi connectivity index (χ1v) is 7.22. The summed E-state index contributed by atoms with van der Waals surface area (Å²) in [5, 5.41) is 6.68. The highest BCUT2D eigenvalue weighted by Crippen LogP contribution is 2.10. The Kier molecular flexibility index (Phi) is 6.19. The van der Waals surface area contributed by atoms with Gasteiger partial charge in [0.2, 0.25) is 5.91 Å². The van der Waals surface area contributed by atoms with Crippen LogP contribution >= 0.6 is 11.6 Å². The zero-order valence-corrected chi connectivity index (χ0v) is 12.4. The molecule has 0 unspecified atom stereocenters. The van der Waals surface area contributed by atoms with Crippen molar-refractivity contribution >= 4 is 17.5 Å². The van der Waals surface area contributed by atoms with E-state index in [2.05, 4.69) is 15.6 Å². The number of amides is 1. The van der Waals surface area contributed by atoms with Crippen molar-refractivity contribution in [2.24, 2.45) is 0 Å². The highest BCUT2D eigenvalue weighted by atomic mass is 35.5. The fourth-order valence-corrected chi connectivity index (χ4v) is 2.14. The Morgan fingerprint density at radius 3 is 2.81 bits per heavy atom. The quantitative estimate of drug-likeness (QED) is 0.824. The lowest BCUT2D eigenvalue weighted by Gasteiger charge is -2.07. The van der Waals surface area contributed by atoms with Crippen molar-refractivity contribution in [3.8, 4) is 0 Å². The van der Waals surface area contributed by atoms with E-state index in [9.17, 15) is 4.79 Å². The van der Waals surface area contributed by atoms with Gasteiger partial charge in [0.1, 0.15) is 0 Å². The molecule has 0 bridgehead atoms. The van der Waals surface area contributed by atoms with E-state index < -0.39 is 0 Å². The fraction of sp³-hybridized carbons (Fsp3) is 0.250. The molecule has 1 aromatic heterocycles. The summed E-state index contributed by atoms with van der Waals surface area (Å²) in [7, 11) is 0. The van der Waals surface area contributed by atoms with Crippen molar-refractivity contribution in [1.29, 1.82) is 0 Å². The van der Waals surface area contributed by atoms with Gasteiger partial charge in [0.25, 0.3) is 0 Å². The molecule has 1 heterocycles. The van der Waals surface area contributed by atoms with Crippen LogP contribution in [0.3, 0.4) is 0 Å². The number of aromatic nitrogens is 1. The van der Waals surface area contributed by atoms with Crippen LogP contribution in [0.1, 0.15) is 11.1 Å². The molecule has 0 spiro atoms. The summed E-state index contributed by atoms with van der Waals surface area (Å²) < 4.78 is 0. The largest absolute Gasteiger partial charge is 0.355 e. The molecular formula is C16H18ClN3O. The Morgan fingerprint density at radius 2 is 2.05 bits per heavy atom. The third-order valence-corrected chi connectivity index (χ3v) is 3.20. The van der Waals surface area contributed by atoms with Gasteiger partial charge in [0, 0.05) is 30.5 Å². The monoisotopic (exact) mass is 303 g/mol. The number of hydrogen-bond donors (Lipinski definition) is 2. The van der Waals surface area contributed by atoms with Crippen LogP contribution < -0.4 is 10.6 Å². The van der Waals surface area contributed by atoms with Gasteiger partial charge in [-0.15, -0.1) is 0 Å². The predicted octanol–water partition coefficient (Wildman–Crippen LogP) is 2.18. The van der Waals surface area contributed by atoms with Crippen molar-refractivity contribution in [3.63, 3.8) is 0 Å². The number of halogens is 1. The Labute approximate surface area is 129 Å². The molecule has 0 aliphatic heterocycles. The molecule has 0 atom stereocenters. The Hall–Kier alpha value is -1.91. The SMILES string of the molecule is O=C(CNCc1cccnc1)NCCc1cccc(Cl)c1. The molecular weight excluding hydrogens is 286 g/mol. The molecule has 2 N–H and O–H groups in total. The summed E-state index contributed by atoms with van der Waals surface area (Å²) in [5.74, 6) is -0.0130. The van der Waals surface area contributed by atoms with Gasteiger partial charge >= 0.3 is 0 Å². The summed E-state index contributed by atoms with van der Waals surface area (Å²) in [6, 6.07) is 11.5. The van der Waals surface area contributed by atoms with Gasteiger partial charge in [0.15, 0.2) is 0 Å². The van der Waals surface area contributed by atoms with Gasteiger partial charge in [-0.3, -0.25) is 9.78 Å². The molecule has 2 aromatic rings. The second-order valence-corrected chi connectivity index (χ2v) is 5.13. The van der Waals surface area contributed by atoms with E-state index in [1.54, 1.807) is 12.4 Å². The number of carbonyl (C=O) groups is 1. The van der Waals surface area contributed by atoms with E-state index in [-0.39, 0.29) is 5.91 Å². The molecule has 1 aromatic carbocycles. The number of benzene rings is 1. The van der Waals surface area contributed by atoms with Crippen molar-refractivity contribution in [3.05, 3.63) is 64.9 Å². The van der Waals surface area contributed by atoms with Crippen LogP contribution in [0.5, 0.6) is 0 Å². The fourth-order valence-electron chi connectivity index (χ4n) is 1.92. The standard InChI is InChI=1S/C16H18ClN3O/c17-15-5-1-3-13(9-15)6-8-20-16(21)12-19-11-14-4-2-7-18-10-14/h1-5,7,9-10,19H,6,8,11-12H2,(H,20,21). The maximum Gasteiger partial charge on any atom is 0.233 e. The maximum absolute atomic E-state index is 11.7. The summed E-state index contributed by atoms with van der Waals surface area (Å²) in [6.07, 6.45) is 4.28. The van der Waals surface area contributed by atoms with Crippen LogP contribution in [-0.4, -0.2) is 24.0 Å². The number of nitrogens with one attached hydrogen (secondary N) is 2. The van der Waals surface area contributed by atoms with Crippen molar-refractivity contribution < 1.29 is 4.79 Å². The van der Waals surface area contributed by atoms with Crippen molar-refractivity contribution in [2.75, 3.05) is 13.1 Å². The average molecular weight is 304 g/mol. The normalized spacial score (nSPS) is 10.3.